The normalized spacial score (nSPS) is 11.9. The van der Waals surface area contributed by atoms with Crippen LogP contribution in [-0.2, 0) is 17.1 Å². The number of nitrogens with one attached hydrogen (secondary N) is 2. The molecule has 0 bridgehead atoms. The van der Waals surface area contributed by atoms with E-state index in [-0.39, 0.29) is 29.7 Å². The van der Waals surface area contributed by atoms with Crippen LogP contribution in [-0.4, -0.2) is 33.2 Å². The Hall–Kier alpha value is -4.82. The average molecular weight is 552 g/mol. The fraction of sp³-hybridized carbons (Fsp3) is 0.167. The van der Waals surface area contributed by atoms with Crippen LogP contribution in [0.3, 0.4) is 0 Å². The molecule has 2 heterocycles. The van der Waals surface area contributed by atoms with Gasteiger partial charge in [0, 0.05) is 23.1 Å². The molecule has 2 amide bonds. The topological polar surface area (TPSA) is 124 Å². The number of benzene rings is 2. The number of amides is 2. The maximum atomic E-state index is 13.1. The number of esters is 1. The fourth-order valence-electron chi connectivity index (χ4n) is 3.73. The number of fused-ring (bicyclic) bond motifs is 1. The Bertz CT molecular complexity index is 1510. The first-order valence-corrected chi connectivity index (χ1v) is 11.0. The Balaban J connectivity index is 1.60. The van der Waals surface area contributed by atoms with Gasteiger partial charge in [0.05, 0.1) is 23.3 Å². The number of rotatable bonds is 5. The summed E-state index contributed by atoms with van der Waals surface area (Å²) in [5, 5.41) is 8.35. The van der Waals surface area contributed by atoms with Crippen LogP contribution >= 0.6 is 0 Å². The molecule has 0 aliphatic carbocycles. The summed E-state index contributed by atoms with van der Waals surface area (Å²) in [6.07, 6.45) is -7.51. The Morgan fingerprint density at radius 3 is 2.10 bits per heavy atom. The zero-order valence-corrected chi connectivity index (χ0v) is 19.8. The number of nitrogens with two attached hydrogens (primary N) is 1. The molecule has 4 N–H and O–H groups in total. The number of anilines is 3. The molecule has 0 saturated heterocycles. The number of carbonyl (C=O) groups is 2. The van der Waals surface area contributed by atoms with Crippen molar-refractivity contribution in [3.63, 3.8) is 0 Å². The summed E-state index contributed by atoms with van der Waals surface area (Å²) in [6, 6.07) is 5.46. The molecular weight excluding hydrogens is 534 g/mol. The highest BCUT2D eigenvalue weighted by Crippen LogP contribution is 2.38. The van der Waals surface area contributed by atoms with E-state index in [4.69, 9.17) is 10.5 Å². The van der Waals surface area contributed by atoms with Crippen molar-refractivity contribution in [2.45, 2.75) is 19.3 Å². The highest BCUT2D eigenvalue weighted by molar-refractivity contribution is 6.05. The van der Waals surface area contributed by atoms with Gasteiger partial charge in [-0.1, -0.05) is 12.1 Å². The van der Waals surface area contributed by atoms with E-state index in [9.17, 15) is 35.9 Å². The van der Waals surface area contributed by atoms with Gasteiger partial charge in [0.2, 0.25) is 0 Å². The number of nitrogen functional groups attached to an aromatic ring is 1. The van der Waals surface area contributed by atoms with E-state index in [1.54, 1.807) is 6.92 Å². The number of alkyl halides is 6. The van der Waals surface area contributed by atoms with Crippen LogP contribution in [0.4, 0.5) is 48.3 Å². The van der Waals surface area contributed by atoms with E-state index in [2.05, 4.69) is 15.4 Å². The van der Waals surface area contributed by atoms with Crippen LogP contribution < -0.4 is 16.4 Å². The second kappa shape index (κ2) is 10.2. The second-order valence-corrected chi connectivity index (χ2v) is 8.03. The molecule has 15 heteroatoms. The van der Waals surface area contributed by atoms with Crippen molar-refractivity contribution in [3.8, 4) is 11.1 Å². The van der Waals surface area contributed by atoms with Crippen LogP contribution in [0.15, 0.2) is 55.0 Å². The van der Waals surface area contributed by atoms with E-state index >= 15 is 0 Å². The van der Waals surface area contributed by atoms with Crippen LogP contribution in [0.2, 0.25) is 0 Å². The molecule has 0 aliphatic rings. The zero-order chi connectivity index (χ0) is 28.5. The number of urea groups is 1. The van der Waals surface area contributed by atoms with Gasteiger partial charge < -0.3 is 21.1 Å². The number of aromatic nitrogens is 3. The second-order valence-electron chi connectivity index (χ2n) is 8.03. The van der Waals surface area contributed by atoms with Crippen LogP contribution in [0, 0.1) is 0 Å². The molecule has 0 fully saturated rings. The highest BCUT2D eigenvalue weighted by atomic mass is 19.4. The number of ether oxygens (including phenoxy) is 1. The van der Waals surface area contributed by atoms with Crippen molar-refractivity contribution in [1.82, 2.24) is 14.6 Å². The average Bonchev–Trinajstić information content (AvgIpc) is 3.24. The zero-order valence-electron chi connectivity index (χ0n) is 19.8. The van der Waals surface area contributed by atoms with Crippen molar-refractivity contribution in [1.29, 1.82) is 0 Å². The lowest BCUT2D eigenvalue weighted by Crippen LogP contribution is -2.20. The molecule has 9 nitrogen and oxygen atoms in total. The van der Waals surface area contributed by atoms with E-state index in [1.165, 1.54) is 41.3 Å². The van der Waals surface area contributed by atoms with Gasteiger partial charge >= 0.3 is 24.4 Å². The Kier molecular flexibility index (Phi) is 7.09. The van der Waals surface area contributed by atoms with Gasteiger partial charge in [0.1, 0.15) is 11.8 Å². The van der Waals surface area contributed by atoms with Gasteiger partial charge in [0.15, 0.2) is 5.82 Å². The summed E-state index contributed by atoms with van der Waals surface area (Å²) < 4.78 is 84.9. The predicted octanol–water partition coefficient (Wildman–Crippen LogP) is 5.84. The number of nitrogens with zero attached hydrogens (tertiary/aromatic N) is 3. The van der Waals surface area contributed by atoms with E-state index in [1.807, 2.05) is 5.32 Å². The van der Waals surface area contributed by atoms with Gasteiger partial charge in [-0.05, 0) is 42.8 Å². The Morgan fingerprint density at radius 2 is 1.54 bits per heavy atom. The van der Waals surface area contributed by atoms with E-state index in [0.29, 0.717) is 28.8 Å². The SMILES string of the molecule is CCOC(=O)c1cn2ncnc(N)c2c1-c1ccc(NC(=O)Nc2cc(C(F)(F)F)cc(C(F)(F)F)c2)cc1. The van der Waals surface area contributed by atoms with E-state index < -0.39 is 41.2 Å². The largest absolute Gasteiger partial charge is 0.462 e. The van der Waals surface area contributed by atoms with Gasteiger partial charge in [-0.2, -0.15) is 31.4 Å². The molecule has 2 aromatic heterocycles. The van der Waals surface area contributed by atoms with Crippen molar-refractivity contribution >= 4 is 34.7 Å². The maximum Gasteiger partial charge on any atom is 0.416 e. The van der Waals surface area contributed by atoms with Crippen molar-refractivity contribution in [3.05, 3.63) is 71.7 Å². The Morgan fingerprint density at radius 1 is 0.949 bits per heavy atom. The third-order valence-corrected chi connectivity index (χ3v) is 5.37. The van der Waals surface area contributed by atoms with Crippen molar-refractivity contribution in [2.75, 3.05) is 23.0 Å². The molecule has 2 aromatic carbocycles. The standard InChI is InChI=1S/C24H18F6N6O3/c1-2-39-21(37)17-10-36-19(20(31)32-11-33-36)18(17)12-3-5-15(6-4-12)34-22(38)35-16-8-13(23(25,26)27)7-14(9-16)24(28,29)30/h3-11H,2H2,1H3,(H2,31,32,33)(H2,34,35,38). The summed E-state index contributed by atoms with van der Waals surface area (Å²) in [4.78, 5) is 28.9. The molecule has 39 heavy (non-hydrogen) atoms. The summed E-state index contributed by atoms with van der Waals surface area (Å²) in [6.45, 7) is 1.75. The summed E-state index contributed by atoms with van der Waals surface area (Å²) in [5.74, 6) is -0.560. The van der Waals surface area contributed by atoms with Crippen LogP contribution in [0.5, 0.6) is 0 Å². The third-order valence-electron chi connectivity index (χ3n) is 5.37. The van der Waals surface area contributed by atoms with Gasteiger partial charge in [0.25, 0.3) is 0 Å². The summed E-state index contributed by atoms with van der Waals surface area (Å²) in [7, 11) is 0. The molecule has 0 atom stereocenters. The molecule has 0 radical (unpaired) electrons. The minimum Gasteiger partial charge on any atom is -0.462 e. The smallest absolute Gasteiger partial charge is 0.416 e. The first-order chi connectivity index (χ1) is 18.3. The molecule has 204 valence electrons. The van der Waals surface area contributed by atoms with Gasteiger partial charge in [-0.3, -0.25) is 0 Å². The first-order valence-electron chi connectivity index (χ1n) is 11.0. The molecule has 4 aromatic rings. The fourth-order valence-corrected chi connectivity index (χ4v) is 3.73. The summed E-state index contributed by atoms with van der Waals surface area (Å²) in [5.41, 5.74) is 3.57. The van der Waals surface area contributed by atoms with Crippen molar-refractivity contribution < 1.29 is 40.7 Å². The number of hydrogen-bond acceptors (Lipinski definition) is 6. The third kappa shape index (κ3) is 5.86. The molecule has 4 rings (SSSR count). The minimum atomic E-state index is -5.07. The summed E-state index contributed by atoms with van der Waals surface area (Å²) >= 11 is 0. The molecule has 0 aliphatic heterocycles. The number of halogens is 6. The van der Waals surface area contributed by atoms with Gasteiger partial charge in [-0.15, -0.1) is 0 Å². The lowest BCUT2D eigenvalue weighted by molar-refractivity contribution is -0.143. The lowest BCUT2D eigenvalue weighted by Gasteiger charge is -2.15. The molecular formula is C24H18F6N6O3. The predicted molar refractivity (Wildman–Crippen MR) is 128 cm³/mol. The maximum absolute atomic E-state index is 13.1. The Labute approximate surface area is 215 Å². The van der Waals surface area contributed by atoms with Gasteiger partial charge in [-0.25, -0.2) is 19.1 Å². The first kappa shape index (κ1) is 27.2. The van der Waals surface area contributed by atoms with Crippen LogP contribution in [0.1, 0.15) is 28.4 Å². The molecule has 0 unspecified atom stereocenters. The number of carbonyl (C=O) groups excluding carboxylic acids is 2. The molecule has 0 saturated carbocycles. The molecule has 0 spiro atoms. The van der Waals surface area contributed by atoms with Crippen molar-refractivity contribution in [2.24, 2.45) is 0 Å². The monoisotopic (exact) mass is 552 g/mol. The van der Waals surface area contributed by atoms with Crippen LogP contribution in [0.25, 0.3) is 16.6 Å². The quantitative estimate of drug-likeness (QED) is 0.211. The lowest BCUT2D eigenvalue weighted by atomic mass is 10.0. The minimum absolute atomic E-state index is 0.0459. The number of hydrogen-bond donors (Lipinski definition) is 3. The van der Waals surface area contributed by atoms with E-state index in [0.717, 1.165) is 0 Å². The highest BCUT2D eigenvalue weighted by Gasteiger charge is 2.37.